The van der Waals surface area contributed by atoms with Crippen LogP contribution in [0.1, 0.15) is 5.56 Å². The molecule has 0 aliphatic heterocycles. The Balaban J connectivity index is 1.93. The van der Waals surface area contributed by atoms with Gasteiger partial charge in [0.2, 0.25) is 5.91 Å². The van der Waals surface area contributed by atoms with Crippen LogP contribution in [-0.4, -0.2) is 11.9 Å². The summed E-state index contributed by atoms with van der Waals surface area (Å²) in [5, 5.41) is 5.85. The zero-order valence-electron chi connectivity index (χ0n) is 11.1. The predicted octanol–water partition coefficient (Wildman–Crippen LogP) is 3.01. The Hall–Kier alpha value is -2.53. The van der Waals surface area contributed by atoms with E-state index in [0.29, 0.717) is 16.4 Å². The number of benzene rings is 2. The molecule has 0 saturated carbocycles. The summed E-state index contributed by atoms with van der Waals surface area (Å²) in [6, 6.07) is 13.2. The number of nitrogens with two attached hydrogens (primary N) is 1. The minimum atomic E-state index is -0.630. The van der Waals surface area contributed by atoms with E-state index < -0.39 is 6.03 Å². The van der Waals surface area contributed by atoms with Crippen molar-refractivity contribution >= 4 is 34.9 Å². The normalized spacial score (nSPS) is 9.95. The van der Waals surface area contributed by atoms with Crippen LogP contribution < -0.4 is 16.4 Å². The average Bonchev–Trinajstić information content (AvgIpc) is 2.43. The van der Waals surface area contributed by atoms with Crippen molar-refractivity contribution in [3.8, 4) is 0 Å². The molecule has 3 amide bonds. The number of hydrogen-bond donors (Lipinski definition) is 3. The van der Waals surface area contributed by atoms with Gasteiger partial charge >= 0.3 is 6.03 Å². The third kappa shape index (κ3) is 4.81. The lowest BCUT2D eigenvalue weighted by Gasteiger charge is -2.07. The Morgan fingerprint density at radius 2 is 1.43 bits per heavy atom. The van der Waals surface area contributed by atoms with E-state index in [1.807, 2.05) is 12.1 Å². The maximum absolute atomic E-state index is 11.9. The lowest BCUT2D eigenvalue weighted by atomic mass is 10.1. The first-order valence-electron chi connectivity index (χ1n) is 6.24. The fourth-order valence-electron chi connectivity index (χ4n) is 1.77. The Labute approximate surface area is 127 Å². The van der Waals surface area contributed by atoms with Gasteiger partial charge in [-0.25, -0.2) is 4.79 Å². The Morgan fingerprint density at radius 1 is 0.905 bits per heavy atom. The summed E-state index contributed by atoms with van der Waals surface area (Å²) in [6.45, 7) is 0. The number of rotatable bonds is 4. The van der Waals surface area contributed by atoms with Gasteiger partial charge < -0.3 is 16.4 Å². The second-order valence-corrected chi connectivity index (χ2v) is 4.85. The van der Waals surface area contributed by atoms with Gasteiger partial charge in [0.25, 0.3) is 0 Å². The molecule has 2 aromatic carbocycles. The smallest absolute Gasteiger partial charge is 0.316 e. The fourth-order valence-corrected chi connectivity index (χ4v) is 1.90. The number of carbonyl (C=O) groups excluding carboxylic acids is 2. The number of primary amides is 1. The lowest BCUT2D eigenvalue weighted by molar-refractivity contribution is -0.115. The molecule has 0 saturated heterocycles. The van der Waals surface area contributed by atoms with Crippen molar-refractivity contribution in [3.63, 3.8) is 0 Å². The van der Waals surface area contributed by atoms with Gasteiger partial charge in [-0.05, 0) is 42.0 Å². The highest BCUT2D eigenvalue weighted by Gasteiger charge is 2.04. The monoisotopic (exact) mass is 303 g/mol. The highest BCUT2D eigenvalue weighted by molar-refractivity contribution is 6.30. The first-order chi connectivity index (χ1) is 10.0. The second kappa shape index (κ2) is 6.76. The van der Waals surface area contributed by atoms with Crippen molar-refractivity contribution in [2.45, 2.75) is 6.42 Å². The minimum Gasteiger partial charge on any atom is -0.351 e. The van der Waals surface area contributed by atoms with Gasteiger partial charge in [0, 0.05) is 16.4 Å². The molecular formula is C15H14ClN3O2. The van der Waals surface area contributed by atoms with E-state index >= 15 is 0 Å². The van der Waals surface area contributed by atoms with E-state index in [1.165, 1.54) is 0 Å². The maximum Gasteiger partial charge on any atom is 0.316 e. The molecule has 2 rings (SSSR count). The molecule has 0 atom stereocenters. The summed E-state index contributed by atoms with van der Waals surface area (Å²) < 4.78 is 0. The molecule has 0 spiro atoms. The summed E-state index contributed by atoms with van der Waals surface area (Å²) in [5.74, 6) is -0.132. The summed E-state index contributed by atoms with van der Waals surface area (Å²) in [4.78, 5) is 22.6. The van der Waals surface area contributed by atoms with Gasteiger partial charge in [-0.2, -0.15) is 0 Å². The largest absolute Gasteiger partial charge is 0.351 e. The number of anilines is 2. The van der Waals surface area contributed by atoms with Crippen LogP contribution >= 0.6 is 11.6 Å². The molecule has 5 nitrogen and oxygen atoms in total. The van der Waals surface area contributed by atoms with Crippen LogP contribution in [0.15, 0.2) is 48.5 Å². The van der Waals surface area contributed by atoms with E-state index in [2.05, 4.69) is 10.6 Å². The van der Waals surface area contributed by atoms with Crippen LogP contribution in [0.4, 0.5) is 16.2 Å². The molecule has 0 heterocycles. The van der Waals surface area contributed by atoms with Gasteiger partial charge in [-0.1, -0.05) is 23.7 Å². The fraction of sp³-hybridized carbons (Fsp3) is 0.0667. The van der Waals surface area contributed by atoms with Crippen molar-refractivity contribution in [1.82, 2.24) is 0 Å². The van der Waals surface area contributed by atoms with Gasteiger partial charge in [-0.3, -0.25) is 4.79 Å². The quantitative estimate of drug-likeness (QED) is 0.811. The van der Waals surface area contributed by atoms with Crippen LogP contribution in [-0.2, 0) is 11.2 Å². The standard InChI is InChI=1S/C15H14ClN3O2/c16-11-3-1-10(2-4-11)9-14(20)18-12-5-7-13(8-6-12)19-15(17)21/h1-8H,9H2,(H,18,20)(H3,17,19,21). The number of nitrogens with one attached hydrogen (secondary N) is 2. The molecule has 0 radical (unpaired) electrons. The summed E-state index contributed by atoms with van der Waals surface area (Å²) >= 11 is 5.79. The van der Waals surface area contributed by atoms with Crippen molar-refractivity contribution in [3.05, 3.63) is 59.1 Å². The van der Waals surface area contributed by atoms with E-state index in [4.69, 9.17) is 17.3 Å². The van der Waals surface area contributed by atoms with Crippen molar-refractivity contribution in [2.75, 3.05) is 10.6 Å². The topological polar surface area (TPSA) is 84.2 Å². The van der Waals surface area contributed by atoms with Crippen molar-refractivity contribution < 1.29 is 9.59 Å². The zero-order chi connectivity index (χ0) is 15.2. The van der Waals surface area contributed by atoms with Gasteiger partial charge in [-0.15, -0.1) is 0 Å². The zero-order valence-corrected chi connectivity index (χ0v) is 11.9. The summed E-state index contributed by atoms with van der Waals surface area (Å²) in [6.07, 6.45) is 0.262. The van der Waals surface area contributed by atoms with Crippen LogP contribution in [0.25, 0.3) is 0 Å². The number of amides is 3. The van der Waals surface area contributed by atoms with E-state index in [1.54, 1.807) is 36.4 Å². The maximum atomic E-state index is 11.9. The minimum absolute atomic E-state index is 0.132. The highest BCUT2D eigenvalue weighted by atomic mass is 35.5. The van der Waals surface area contributed by atoms with Gasteiger partial charge in [0.15, 0.2) is 0 Å². The Kier molecular flexibility index (Phi) is 4.79. The first kappa shape index (κ1) is 14.9. The predicted molar refractivity (Wildman–Crippen MR) is 83.4 cm³/mol. The lowest BCUT2D eigenvalue weighted by Crippen LogP contribution is -2.19. The first-order valence-corrected chi connectivity index (χ1v) is 6.61. The van der Waals surface area contributed by atoms with Crippen molar-refractivity contribution in [1.29, 1.82) is 0 Å². The molecule has 108 valence electrons. The van der Waals surface area contributed by atoms with Crippen LogP contribution in [0, 0.1) is 0 Å². The second-order valence-electron chi connectivity index (χ2n) is 4.42. The van der Waals surface area contributed by atoms with Gasteiger partial charge in [0.1, 0.15) is 0 Å². The Bertz CT molecular complexity index is 639. The molecule has 6 heteroatoms. The highest BCUT2D eigenvalue weighted by Crippen LogP contribution is 2.14. The summed E-state index contributed by atoms with van der Waals surface area (Å²) in [7, 11) is 0. The molecule has 2 aromatic rings. The van der Waals surface area contributed by atoms with Gasteiger partial charge in [0.05, 0.1) is 6.42 Å². The third-order valence-corrected chi connectivity index (χ3v) is 2.97. The van der Waals surface area contributed by atoms with Crippen LogP contribution in [0.2, 0.25) is 5.02 Å². The number of halogens is 1. The molecule has 0 unspecified atom stereocenters. The van der Waals surface area contributed by atoms with E-state index in [0.717, 1.165) is 5.56 Å². The van der Waals surface area contributed by atoms with E-state index in [9.17, 15) is 9.59 Å². The molecule has 0 aliphatic carbocycles. The van der Waals surface area contributed by atoms with Crippen LogP contribution in [0.5, 0.6) is 0 Å². The Morgan fingerprint density at radius 3 is 1.95 bits per heavy atom. The van der Waals surface area contributed by atoms with Crippen molar-refractivity contribution in [2.24, 2.45) is 5.73 Å². The molecule has 0 aliphatic rings. The summed E-state index contributed by atoms with van der Waals surface area (Å²) in [5.41, 5.74) is 7.10. The molecule has 4 N–H and O–H groups in total. The van der Waals surface area contributed by atoms with E-state index in [-0.39, 0.29) is 12.3 Å². The number of carbonyl (C=O) groups is 2. The number of hydrogen-bond acceptors (Lipinski definition) is 2. The average molecular weight is 304 g/mol. The number of urea groups is 1. The molecule has 0 fully saturated rings. The SMILES string of the molecule is NC(=O)Nc1ccc(NC(=O)Cc2ccc(Cl)cc2)cc1. The molecular weight excluding hydrogens is 290 g/mol. The third-order valence-electron chi connectivity index (χ3n) is 2.71. The molecule has 0 aromatic heterocycles. The van der Waals surface area contributed by atoms with Crippen LogP contribution in [0.3, 0.4) is 0 Å². The molecule has 21 heavy (non-hydrogen) atoms. The molecule has 0 bridgehead atoms.